The van der Waals surface area contributed by atoms with Crippen LogP contribution in [0.4, 0.5) is 0 Å². The van der Waals surface area contributed by atoms with E-state index in [1.807, 2.05) is 6.07 Å². The minimum Gasteiger partial charge on any atom is -0.0837 e. The maximum atomic E-state index is 6.36. The van der Waals surface area contributed by atoms with Crippen molar-refractivity contribution in [1.82, 2.24) is 0 Å². The Kier molecular flexibility index (Phi) is 4.08. The molecule has 0 saturated heterocycles. The third-order valence-corrected chi connectivity index (χ3v) is 3.68. The van der Waals surface area contributed by atoms with E-state index in [-0.39, 0.29) is 0 Å². The molecular weight excluding hydrogens is 240 g/mol. The highest BCUT2D eigenvalue weighted by atomic mass is 35.5. The molecule has 0 saturated carbocycles. The zero-order valence-corrected chi connectivity index (χ0v) is 12.0. The fourth-order valence-corrected chi connectivity index (χ4v) is 2.42. The number of benzene rings is 2. The molecule has 2 rings (SSSR count). The van der Waals surface area contributed by atoms with Gasteiger partial charge in [0.25, 0.3) is 0 Å². The lowest BCUT2D eigenvalue weighted by Gasteiger charge is -2.13. The summed E-state index contributed by atoms with van der Waals surface area (Å²) in [6.45, 7) is 6.59. The Morgan fingerprint density at radius 3 is 2.39 bits per heavy atom. The molecule has 0 bridgehead atoms. The minimum atomic E-state index is 0.523. The molecule has 0 spiro atoms. The molecular formula is C17H19Cl. The van der Waals surface area contributed by atoms with Crippen LogP contribution in [0.2, 0.25) is 5.02 Å². The molecule has 0 amide bonds. The van der Waals surface area contributed by atoms with Crippen LogP contribution in [0.1, 0.15) is 37.8 Å². The zero-order chi connectivity index (χ0) is 13.1. The van der Waals surface area contributed by atoms with E-state index < -0.39 is 0 Å². The van der Waals surface area contributed by atoms with Crippen molar-refractivity contribution in [2.75, 3.05) is 0 Å². The summed E-state index contributed by atoms with van der Waals surface area (Å²) in [5, 5.41) is 0.834. The van der Waals surface area contributed by atoms with Crippen LogP contribution in [0, 0.1) is 0 Å². The van der Waals surface area contributed by atoms with Crippen LogP contribution < -0.4 is 0 Å². The van der Waals surface area contributed by atoms with Gasteiger partial charge in [-0.05, 0) is 41.2 Å². The first-order valence-electron chi connectivity index (χ1n) is 6.51. The number of aryl methyl sites for hydroxylation is 1. The number of rotatable bonds is 3. The van der Waals surface area contributed by atoms with Gasteiger partial charge in [0.2, 0.25) is 0 Å². The lowest BCUT2D eigenvalue weighted by atomic mass is 9.94. The minimum absolute atomic E-state index is 0.523. The van der Waals surface area contributed by atoms with Crippen molar-refractivity contribution in [3.8, 4) is 11.1 Å². The molecule has 0 aliphatic rings. The Morgan fingerprint density at radius 2 is 1.72 bits per heavy atom. The lowest BCUT2D eigenvalue weighted by molar-refractivity contribution is 0.867. The van der Waals surface area contributed by atoms with Crippen molar-refractivity contribution in [1.29, 1.82) is 0 Å². The molecule has 0 atom stereocenters. The maximum Gasteiger partial charge on any atom is 0.0484 e. The van der Waals surface area contributed by atoms with Crippen molar-refractivity contribution < 1.29 is 0 Å². The molecule has 0 aromatic heterocycles. The van der Waals surface area contributed by atoms with Gasteiger partial charge in [-0.2, -0.15) is 0 Å². The Hall–Kier alpha value is -1.27. The summed E-state index contributed by atoms with van der Waals surface area (Å²) in [6.07, 6.45) is 1.03. The highest BCUT2D eigenvalue weighted by Crippen LogP contribution is 2.33. The Bertz CT molecular complexity index is 541. The van der Waals surface area contributed by atoms with Crippen molar-refractivity contribution in [2.24, 2.45) is 0 Å². The third-order valence-electron chi connectivity index (χ3n) is 3.35. The summed E-state index contributed by atoms with van der Waals surface area (Å²) in [7, 11) is 0. The summed E-state index contributed by atoms with van der Waals surface area (Å²) in [4.78, 5) is 0. The zero-order valence-electron chi connectivity index (χ0n) is 11.2. The molecule has 0 aliphatic heterocycles. The Labute approximate surface area is 115 Å². The van der Waals surface area contributed by atoms with Crippen molar-refractivity contribution >= 4 is 11.6 Å². The van der Waals surface area contributed by atoms with E-state index in [0.717, 1.165) is 17.0 Å². The molecule has 18 heavy (non-hydrogen) atoms. The van der Waals surface area contributed by atoms with E-state index >= 15 is 0 Å². The highest BCUT2D eigenvalue weighted by Gasteiger charge is 2.09. The van der Waals surface area contributed by atoms with Gasteiger partial charge in [0, 0.05) is 10.6 Å². The standard InChI is InChI=1S/C17H19Cl/c1-4-13-7-5-6-8-15(13)16-11-14(12(2)3)9-10-17(16)18/h5-12H,4H2,1-3H3. The second-order valence-electron chi connectivity index (χ2n) is 4.90. The first-order chi connectivity index (χ1) is 8.63. The molecule has 1 heteroatoms. The maximum absolute atomic E-state index is 6.36. The van der Waals surface area contributed by atoms with E-state index in [0.29, 0.717) is 5.92 Å². The first kappa shape index (κ1) is 13.2. The number of halogens is 1. The molecule has 2 aromatic carbocycles. The SMILES string of the molecule is CCc1ccccc1-c1cc(C(C)C)ccc1Cl. The fourth-order valence-electron chi connectivity index (χ4n) is 2.20. The van der Waals surface area contributed by atoms with Crippen LogP contribution in [0.15, 0.2) is 42.5 Å². The predicted octanol–water partition coefficient (Wildman–Crippen LogP) is 5.69. The van der Waals surface area contributed by atoms with Gasteiger partial charge in [0.05, 0.1) is 0 Å². The second kappa shape index (κ2) is 5.58. The van der Waals surface area contributed by atoms with Crippen molar-refractivity contribution in [3.05, 3.63) is 58.6 Å². The van der Waals surface area contributed by atoms with Gasteiger partial charge < -0.3 is 0 Å². The fraction of sp³-hybridized carbons (Fsp3) is 0.294. The van der Waals surface area contributed by atoms with Gasteiger partial charge >= 0.3 is 0 Å². The van der Waals surface area contributed by atoms with E-state index in [4.69, 9.17) is 11.6 Å². The average molecular weight is 259 g/mol. The van der Waals surface area contributed by atoms with Crippen LogP contribution in [-0.4, -0.2) is 0 Å². The van der Waals surface area contributed by atoms with Crippen molar-refractivity contribution in [2.45, 2.75) is 33.1 Å². The summed E-state index contributed by atoms with van der Waals surface area (Å²) in [5.74, 6) is 0.523. The van der Waals surface area contributed by atoms with E-state index in [1.165, 1.54) is 16.7 Å². The van der Waals surface area contributed by atoms with Crippen LogP contribution in [-0.2, 0) is 6.42 Å². The molecule has 0 nitrogen and oxygen atoms in total. The van der Waals surface area contributed by atoms with E-state index in [2.05, 4.69) is 57.2 Å². The second-order valence-corrected chi connectivity index (χ2v) is 5.31. The van der Waals surface area contributed by atoms with Crippen LogP contribution in [0.3, 0.4) is 0 Å². The lowest BCUT2D eigenvalue weighted by Crippen LogP contribution is -1.92. The topological polar surface area (TPSA) is 0 Å². The number of hydrogen-bond acceptors (Lipinski definition) is 0. The quantitative estimate of drug-likeness (QED) is 0.663. The van der Waals surface area contributed by atoms with E-state index in [9.17, 15) is 0 Å². The largest absolute Gasteiger partial charge is 0.0837 e. The van der Waals surface area contributed by atoms with Gasteiger partial charge in [0.15, 0.2) is 0 Å². The monoisotopic (exact) mass is 258 g/mol. The van der Waals surface area contributed by atoms with Gasteiger partial charge in [-0.15, -0.1) is 0 Å². The summed E-state index contributed by atoms with van der Waals surface area (Å²) < 4.78 is 0. The molecule has 94 valence electrons. The van der Waals surface area contributed by atoms with Gasteiger partial charge in [-0.1, -0.05) is 62.7 Å². The van der Waals surface area contributed by atoms with Crippen LogP contribution >= 0.6 is 11.6 Å². The van der Waals surface area contributed by atoms with Gasteiger partial charge in [0.1, 0.15) is 0 Å². The Balaban J connectivity index is 2.59. The van der Waals surface area contributed by atoms with Gasteiger partial charge in [-0.25, -0.2) is 0 Å². The molecule has 2 aromatic rings. The number of hydrogen-bond donors (Lipinski definition) is 0. The third kappa shape index (κ3) is 2.59. The first-order valence-corrected chi connectivity index (χ1v) is 6.89. The molecule has 0 unspecified atom stereocenters. The normalized spacial score (nSPS) is 10.9. The Morgan fingerprint density at radius 1 is 1.00 bits per heavy atom. The van der Waals surface area contributed by atoms with E-state index in [1.54, 1.807) is 0 Å². The van der Waals surface area contributed by atoms with Crippen LogP contribution in [0.5, 0.6) is 0 Å². The molecule has 0 heterocycles. The molecule has 0 fully saturated rings. The highest BCUT2D eigenvalue weighted by molar-refractivity contribution is 6.33. The summed E-state index contributed by atoms with van der Waals surface area (Å²) in [6, 6.07) is 14.8. The van der Waals surface area contributed by atoms with Crippen molar-refractivity contribution in [3.63, 3.8) is 0 Å². The smallest absolute Gasteiger partial charge is 0.0484 e. The summed E-state index contributed by atoms with van der Waals surface area (Å²) in [5.41, 5.74) is 5.09. The molecule has 0 radical (unpaired) electrons. The molecule has 0 aliphatic carbocycles. The molecule has 0 N–H and O–H groups in total. The van der Waals surface area contributed by atoms with Crippen LogP contribution in [0.25, 0.3) is 11.1 Å². The predicted molar refractivity (Wildman–Crippen MR) is 80.4 cm³/mol. The summed E-state index contributed by atoms with van der Waals surface area (Å²) >= 11 is 6.36. The van der Waals surface area contributed by atoms with Gasteiger partial charge in [-0.3, -0.25) is 0 Å². The average Bonchev–Trinajstić information content (AvgIpc) is 2.39.